The smallest absolute Gasteiger partial charge is 0.382 e. The second kappa shape index (κ2) is 11.8. The van der Waals surface area contributed by atoms with E-state index in [4.69, 9.17) is 9.47 Å². The van der Waals surface area contributed by atoms with Crippen molar-refractivity contribution in [3.8, 4) is 11.1 Å². The van der Waals surface area contributed by atoms with Crippen molar-refractivity contribution in [2.45, 2.75) is 23.7 Å². The fourth-order valence-electron chi connectivity index (χ4n) is 5.17. The number of hydrogen-bond donors (Lipinski definition) is 0. The van der Waals surface area contributed by atoms with Crippen LogP contribution in [0.3, 0.4) is 0 Å². The molecule has 1 amide bonds. The Morgan fingerprint density at radius 1 is 1.17 bits per heavy atom. The minimum atomic E-state index is -4.76. The number of carbonyl (C=O) groups excluding carboxylic acids is 1. The summed E-state index contributed by atoms with van der Waals surface area (Å²) >= 11 is 1.17. The van der Waals surface area contributed by atoms with E-state index in [1.54, 1.807) is 9.80 Å². The number of carbonyl (C=O) groups is 1. The van der Waals surface area contributed by atoms with Crippen LogP contribution in [0, 0.1) is 5.82 Å². The summed E-state index contributed by atoms with van der Waals surface area (Å²) < 4.78 is 70.3. The highest BCUT2D eigenvalue weighted by molar-refractivity contribution is 7.99. The molecule has 8 nitrogen and oxygen atoms in total. The van der Waals surface area contributed by atoms with E-state index in [0.717, 1.165) is 18.2 Å². The molecule has 0 spiro atoms. The molecule has 1 atom stereocenters. The number of thioether (sulfide) groups is 1. The molecule has 1 aromatic heterocycles. The minimum absolute atomic E-state index is 0.0855. The van der Waals surface area contributed by atoms with Crippen molar-refractivity contribution in [2.24, 2.45) is 0 Å². The summed E-state index contributed by atoms with van der Waals surface area (Å²) in [6.07, 6.45) is -4.05. The van der Waals surface area contributed by atoms with E-state index >= 15 is 0 Å². The van der Waals surface area contributed by atoms with Gasteiger partial charge in [0.05, 0.1) is 36.9 Å². The summed E-state index contributed by atoms with van der Waals surface area (Å²) in [5.41, 5.74) is -1.16. The lowest BCUT2D eigenvalue weighted by Gasteiger charge is -2.35. The first kappa shape index (κ1) is 29.1. The maximum absolute atomic E-state index is 14.7. The zero-order chi connectivity index (χ0) is 29.3. The van der Waals surface area contributed by atoms with Gasteiger partial charge in [0.15, 0.2) is 0 Å². The summed E-state index contributed by atoms with van der Waals surface area (Å²) in [6, 6.07) is 5.87. The molecule has 0 bridgehead atoms. The highest BCUT2D eigenvalue weighted by Crippen LogP contribution is 2.48. The van der Waals surface area contributed by atoms with Crippen LogP contribution in [-0.2, 0) is 27.0 Å². The van der Waals surface area contributed by atoms with Gasteiger partial charge < -0.3 is 19.3 Å². The quantitative estimate of drug-likeness (QED) is 0.231. The summed E-state index contributed by atoms with van der Waals surface area (Å²) in [4.78, 5) is 33.4. The van der Waals surface area contributed by atoms with Crippen LogP contribution in [0.4, 0.5) is 23.4 Å². The van der Waals surface area contributed by atoms with Gasteiger partial charge in [-0.1, -0.05) is 18.7 Å². The van der Waals surface area contributed by atoms with E-state index in [1.165, 1.54) is 41.6 Å². The first-order valence-corrected chi connectivity index (χ1v) is 13.9. The lowest BCUT2D eigenvalue weighted by atomic mass is 9.96. The van der Waals surface area contributed by atoms with E-state index in [1.807, 2.05) is 0 Å². The van der Waals surface area contributed by atoms with Crippen molar-refractivity contribution in [2.75, 3.05) is 57.2 Å². The Bertz CT molecular complexity index is 1520. The van der Waals surface area contributed by atoms with E-state index in [-0.39, 0.29) is 65.1 Å². The van der Waals surface area contributed by atoms with Crippen LogP contribution >= 0.6 is 11.8 Å². The highest BCUT2D eigenvalue weighted by atomic mass is 32.2. The molecular weight excluding hydrogens is 564 g/mol. The molecule has 5 rings (SSSR count). The van der Waals surface area contributed by atoms with Gasteiger partial charge in [-0.05, 0) is 29.8 Å². The lowest BCUT2D eigenvalue weighted by molar-refractivity contribution is -0.137. The molecule has 3 heterocycles. The number of piperazine rings is 1. The molecule has 2 aliphatic rings. The predicted octanol–water partition coefficient (Wildman–Crippen LogP) is 4.19. The largest absolute Gasteiger partial charge is 0.417 e. The molecule has 0 aliphatic carbocycles. The first-order valence-electron chi connectivity index (χ1n) is 13.0. The molecule has 1 saturated heterocycles. The number of aromatic nitrogens is 2. The molecule has 13 heteroatoms. The minimum Gasteiger partial charge on any atom is -0.382 e. The number of halogens is 4. The third-order valence-corrected chi connectivity index (χ3v) is 8.37. The highest BCUT2D eigenvalue weighted by Gasteiger charge is 2.38. The third kappa shape index (κ3) is 5.84. The summed E-state index contributed by atoms with van der Waals surface area (Å²) in [6.45, 7) is 5.30. The zero-order valence-corrected chi connectivity index (χ0v) is 23.1. The SMILES string of the molecule is C=CC(=O)N1CCN(c2nc(=O)n3c4c(c(-c5ccc(F)cc5)c(C(F)(F)F)cc24)SC[C@H](OCCOC)C3)CC1. The molecule has 2 aromatic carbocycles. The number of hydrogen-bond acceptors (Lipinski definition) is 7. The van der Waals surface area contributed by atoms with Crippen molar-refractivity contribution in [3.05, 3.63) is 64.9 Å². The second-order valence-corrected chi connectivity index (χ2v) is 10.7. The van der Waals surface area contributed by atoms with Crippen LogP contribution < -0.4 is 10.6 Å². The molecule has 218 valence electrons. The Hall–Kier alpha value is -3.42. The lowest BCUT2D eigenvalue weighted by Crippen LogP contribution is -2.49. The van der Waals surface area contributed by atoms with Gasteiger partial charge in [0.25, 0.3) is 0 Å². The Morgan fingerprint density at radius 3 is 2.51 bits per heavy atom. The number of ether oxygens (including phenoxy) is 2. The van der Waals surface area contributed by atoms with E-state index in [0.29, 0.717) is 25.2 Å². The van der Waals surface area contributed by atoms with E-state index in [2.05, 4.69) is 11.6 Å². The topological polar surface area (TPSA) is 76.9 Å². The third-order valence-electron chi connectivity index (χ3n) is 7.14. The van der Waals surface area contributed by atoms with Crippen molar-refractivity contribution in [1.82, 2.24) is 14.5 Å². The molecule has 0 saturated carbocycles. The number of methoxy groups -OCH3 is 1. The molecule has 2 aliphatic heterocycles. The van der Waals surface area contributed by atoms with Gasteiger partial charge in [-0.2, -0.15) is 18.2 Å². The monoisotopic (exact) mass is 592 g/mol. The zero-order valence-electron chi connectivity index (χ0n) is 22.2. The van der Waals surface area contributed by atoms with Gasteiger partial charge in [0, 0.05) is 54.9 Å². The normalized spacial score (nSPS) is 17.5. The Morgan fingerprint density at radius 2 is 1.88 bits per heavy atom. The van der Waals surface area contributed by atoms with Crippen LogP contribution in [0.5, 0.6) is 0 Å². The van der Waals surface area contributed by atoms with Crippen molar-refractivity contribution >= 4 is 34.4 Å². The number of amides is 1. The average Bonchev–Trinajstić information content (AvgIpc) is 3.15. The van der Waals surface area contributed by atoms with Crippen LogP contribution in [0.1, 0.15) is 5.56 Å². The molecule has 1 fully saturated rings. The van der Waals surface area contributed by atoms with Crippen molar-refractivity contribution < 1.29 is 31.8 Å². The van der Waals surface area contributed by atoms with Crippen LogP contribution in [0.15, 0.2) is 52.7 Å². The van der Waals surface area contributed by atoms with Crippen LogP contribution in [-0.4, -0.2) is 78.7 Å². The van der Waals surface area contributed by atoms with Gasteiger partial charge in [-0.3, -0.25) is 9.36 Å². The Balaban J connectivity index is 1.73. The van der Waals surface area contributed by atoms with Gasteiger partial charge in [-0.25, -0.2) is 9.18 Å². The first-order chi connectivity index (χ1) is 19.6. The van der Waals surface area contributed by atoms with Gasteiger partial charge in [-0.15, -0.1) is 11.8 Å². The Kier molecular flexibility index (Phi) is 8.39. The number of nitrogens with zero attached hydrogens (tertiary/aromatic N) is 4. The summed E-state index contributed by atoms with van der Waals surface area (Å²) in [5.74, 6) is -0.424. The number of anilines is 1. The molecule has 0 radical (unpaired) electrons. The predicted molar refractivity (Wildman–Crippen MR) is 148 cm³/mol. The molecule has 41 heavy (non-hydrogen) atoms. The average molecular weight is 593 g/mol. The summed E-state index contributed by atoms with van der Waals surface area (Å²) in [5, 5.41) is 0.173. The number of benzene rings is 2. The molecule has 3 aromatic rings. The van der Waals surface area contributed by atoms with Crippen LogP contribution in [0.25, 0.3) is 22.0 Å². The fraction of sp³-hybridized carbons (Fsp3) is 0.393. The fourth-order valence-corrected chi connectivity index (χ4v) is 6.45. The van der Waals surface area contributed by atoms with E-state index < -0.39 is 29.4 Å². The molecular formula is C28H28F4N4O4S. The molecule has 0 unspecified atom stereocenters. The Labute approximate surface area is 237 Å². The standard InChI is InChI=1S/C28H28F4N4O4S/c1-3-22(37)34-8-10-35(11-9-34)26-20-14-21(28(30,31)32)23(17-4-6-18(29)7-5-17)25-24(20)36(27(38)33-26)15-19(16-41-25)40-13-12-39-2/h3-7,14,19H,1,8-13,15-16H2,2H3/t19-/m1/s1. The van der Waals surface area contributed by atoms with Gasteiger partial charge in [0.2, 0.25) is 5.91 Å². The van der Waals surface area contributed by atoms with Gasteiger partial charge in [0.1, 0.15) is 11.6 Å². The molecule has 0 N–H and O–H groups in total. The maximum Gasteiger partial charge on any atom is 0.417 e. The maximum atomic E-state index is 14.7. The van der Waals surface area contributed by atoms with Crippen molar-refractivity contribution in [1.29, 1.82) is 0 Å². The van der Waals surface area contributed by atoms with E-state index in [9.17, 15) is 27.2 Å². The van der Waals surface area contributed by atoms with Crippen LogP contribution in [0.2, 0.25) is 0 Å². The van der Waals surface area contributed by atoms with Gasteiger partial charge >= 0.3 is 11.9 Å². The second-order valence-electron chi connectivity index (χ2n) is 9.67. The number of rotatable bonds is 7. The number of alkyl halides is 3. The summed E-state index contributed by atoms with van der Waals surface area (Å²) in [7, 11) is 1.53. The van der Waals surface area contributed by atoms with Crippen molar-refractivity contribution in [3.63, 3.8) is 0 Å².